The summed E-state index contributed by atoms with van der Waals surface area (Å²) in [7, 11) is 1.88. The van der Waals surface area contributed by atoms with Crippen molar-refractivity contribution in [1.82, 2.24) is 10.2 Å². The van der Waals surface area contributed by atoms with Crippen LogP contribution in [0.5, 0.6) is 0 Å². The lowest BCUT2D eigenvalue weighted by atomic mass is 10.3. The molecule has 0 fully saturated rings. The van der Waals surface area contributed by atoms with E-state index in [9.17, 15) is 9.59 Å². The van der Waals surface area contributed by atoms with Gasteiger partial charge in [0.15, 0.2) is 0 Å². The quantitative estimate of drug-likeness (QED) is 0.376. The molecule has 0 radical (unpaired) electrons. The highest BCUT2D eigenvalue weighted by Crippen LogP contribution is 1.95. The first-order chi connectivity index (χ1) is 11.3. The van der Waals surface area contributed by atoms with Crippen LogP contribution in [0.15, 0.2) is 0 Å². The van der Waals surface area contributed by atoms with Crippen LogP contribution in [0.25, 0.3) is 0 Å². The lowest BCUT2D eigenvalue weighted by molar-refractivity contribution is -0.146. The predicted molar refractivity (Wildman–Crippen MR) is 92.9 cm³/mol. The summed E-state index contributed by atoms with van der Waals surface area (Å²) in [5, 5.41) is 2.81. The summed E-state index contributed by atoms with van der Waals surface area (Å²) in [5.41, 5.74) is 0. The van der Waals surface area contributed by atoms with Crippen LogP contribution in [0.2, 0.25) is 0 Å². The van der Waals surface area contributed by atoms with E-state index in [-0.39, 0.29) is 30.7 Å². The molecule has 142 valence electrons. The second kappa shape index (κ2) is 14.2. The molecule has 0 atom stereocenters. The van der Waals surface area contributed by atoms with E-state index in [1.807, 2.05) is 39.6 Å². The Morgan fingerprint density at radius 1 is 0.917 bits per heavy atom. The molecule has 0 spiro atoms. The normalized spacial score (nSPS) is 11.3. The maximum absolute atomic E-state index is 11.7. The van der Waals surface area contributed by atoms with Crippen molar-refractivity contribution in [1.29, 1.82) is 0 Å². The fourth-order valence-corrected chi connectivity index (χ4v) is 1.77. The fraction of sp³-hybridized carbons (Fsp3) is 0.882. The van der Waals surface area contributed by atoms with Gasteiger partial charge >= 0.3 is 5.97 Å². The number of amides is 1. The van der Waals surface area contributed by atoms with E-state index in [1.165, 1.54) is 0 Å². The zero-order valence-electron chi connectivity index (χ0n) is 15.8. The lowest BCUT2D eigenvalue weighted by Crippen LogP contribution is -2.32. The molecular formula is C17H34N2O5. The predicted octanol–water partition coefficient (Wildman–Crippen LogP) is 1.21. The minimum atomic E-state index is -0.246. The number of ether oxygens (including phenoxy) is 3. The Labute approximate surface area is 146 Å². The van der Waals surface area contributed by atoms with Crippen LogP contribution in [0, 0.1) is 0 Å². The number of hydrogen-bond acceptors (Lipinski definition) is 6. The minimum absolute atomic E-state index is 0.0115. The first-order valence-electron chi connectivity index (χ1n) is 8.65. The Bertz CT molecular complexity index is 316. The topological polar surface area (TPSA) is 77.1 Å². The highest BCUT2D eigenvalue weighted by molar-refractivity contribution is 5.76. The summed E-state index contributed by atoms with van der Waals surface area (Å²) in [6.07, 6.45) is 1.01. The summed E-state index contributed by atoms with van der Waals surface area (Å²) in [6.45, 7) is 10.7. The van der Waals surface area contributed by atoms with Crippen LogP contribution in [0.4, 0.5) is 0 Å². The molecule has 0 unspecified atom stereocenters. The Kier molecular flexibility index (Phi) is 13.5. The van der Waals surface area contributed by atoms with Crippen LogP contribution in [-0.4, -0.2) is 75.5 Å². The molecule has 0 saturated carbocycles. The van der Waals surface area contributed by atoms with Crippen LogP contribution in [-0.2, 0) is 23.8 Å². The molecule has 0 aromatic carbocycles. The number of nitrogens with zero attached hydrogens (tertiary/aromatic N) is 1. The van der Waals surface area contributed by atoms with Gasteiger partial charge in [-0.25, -0.2) is 0 Å². The summed E-state index contributed by atoms with van der Waals surface area (Å²) >= 11 is 0. The van der Waals surface area contributed by atoms with E-state index in [2.05, 4.69) is 5.32 Å². The van der Waals surface area contributed by atoms with Crippen molar-refractivity contribution in [3.8, 4) is 0 Å². The first-order valence-corrected chi connectivity index (χ1v) is 8.65. The zero-order chi connectivity index (χ0) is 18.4. The Hall–Kier alpha value is -1.18. The molecule has 24 heavy (non-hydrogen) atoms. The van der Waals surface area contributed by atoms with Gasteiger partial charge in [0.1, 0.15) is 6.61 Å². The Balaban J connectivity index is 3.58. The molecule has 0 saturated heterocycles. The van der Waals surface area contributed by atoms with Gasteiger partial charge in [-0.1, -0.05) is 0 Å². The average molecular weight is 346 g/mol. The molecular weight excluding hydrogens is 312 g/mol. The van der Waals surface area contributed by atoms with E-state index in [0.717, 1.165) is 0 Å². The van der Waals surface area contributed by atoms with Gasteiger partial charge in [0, 0.05) is 26.1 Å². The summed E-state index contributed by atoms with van der Waals surface area (Å²) in [6, 6.07) is 0. The van der Waals surface area contributed by atoms with Crippen molar-refractivity contribution >= 4 is 11.9 Å². The maximum atomic E-state index is 11.7. The smallest absolute Gasteiger partial charge is 0.307 e. The highest BCUT2D eigenvalue weighted by Gasteiger charge is 2.08. The van der Waals surface area contributed by atoms with Gasteiger partial charge in [-0.2, -0.15) is 0 Å². The van der Waals surface area contributed by atoms with Gasteiger partial charge in [0.25, 0.3) is 0 Å². The first kappa shape index (κ1) is 22.8. The number of carbonyl (C=O) groups excluding carboxylic acids is 2. The third kappa shape index (κ3) is 15.7. The number of nitrogens with one attached hydrogen (secondary N) is 1. The molecule has 0 aliphatic rings. The number of rotatable bonds is 14. The third-order valence-corrected chi connectivity index (χ3v) is 3.09. The van der Waals surface area contributed by atoms with E-state index >= 15 is 0 Å². The van der Waals surface area contributed by atoms with Gasteiger partial charge in [0.05, 0.1) is 31.8 Å². The van der Waals surface area contributed by atoms with Gasteiger partial charge in [-0.05, 0) is 34.7 Å². The standard InChI is InChI=1S/C17H34N2O5/c1-14(2)22-11-8-18-16(20)6-9-19(5)10-7-17(21)24-13-12-23-15(3)4/h14-15H,6-13H2,1-5H3,(H,18,20). The molecule has 7 heteroatoms. The van der Waals surface area contributed by atoms with Crippen LogP contribution >= 0.6 is 0 Å². The highest BCUT2D eigenvalue weighted by atomic mass is 16.6. The van der Waals surface area contributed by atoms with Crippen molar-refractivity contribution < 1.29 is 23.8 Å². The van der Waals surface area contributed by atoms with E-state index < -0.39 is 0 Å². The van der Waals surface area contributed by atoms with Crippen molar-refractivity contribution in [2.24, 2.45) is 0 Å². The van der Waals surface area contributed by atoms with Crippen LogP contribution in [0.1, 0.15) is 40.5 Å². The van der Waals surface area contributed by atoms with E-state index in [1.54, 1.807) is 0 Å². The molecule has 0 bridgehead atoms. The number of hydrogen-bond donors (Lipinski definition) is 1. The zero-order valence-corrected chi connectivity index (χ0v) is 15.8. The summed E-state index contributed by atoms with van der Waals surface area (Å²) in [4.78, 5) is 25.2. The molecule has 0 heterocycles. The second-order valence-electron chi connectivity index (χ2n) is 6.21. The van der Waals surface area contributed by atoms with Crippen molar-refractivity contribution in [2.75, 3.05) is 46.5 Å². The molecule has 0 aromatic rings. The molecule has 0 aliphatic heterocycles. The molecule has 7 nitrogen and oxygen atoms in total. The van der Waals surface area contributed by atoms with Gasteiger partial charge < -0.3 is 24.4 Å². The van der Waals surface area contributed by atoms with Gasteiger partial charge in [-0.15, -0.1) is 0 Å². The van der Waals surface area contributed by atoms with E-state index in [4.69, 9.17) is 14.2 Å². The lowest BCUT2D eigenvalue weighted by Gasteiger charge is -2.16. The monoisotopic (exact) mass is 346 g/mol. The van der Waals surface area contributed by atoms with Crippen molar-refractivity contribution in [3.05, 3.63) is 0 Å². The molecule has 0 aromatic heterocycles. The largest absolute Gasteiger partial charge is 0.463 e. The summed E-state index contributed by atoms with van der Waals surface area (Å²) < 4.78 is 15.7. The van der Waals surface area contributed by atoms with E-state index in [0.29, 0.717) is 45.7 Å². The maximum Gasteiger partial charge on any atom is 0.307 e. The Morgan fingerprint density at radius 2 is 1.50 bits per heavy atom. The Morgan fingerprint density at radius 3 is 2.12 bits per heavy atom. The second-order valence-corrected chi connectivity index (χ2v) is 6.21. The SMILES string of the molecule is CC(C)OCCNC(=O)CCN(C)CCC(=O)OCCOC(C)C. The van der Waals surface area contributed by atoms with Crippen LogP contribution in [0.3, 0.4) is 0 Å². The molecule has 0 aliphatic carbocycles. The van der Waals surface area contributed by atoms with Crippen LogP contribution < -0.4 is 5.32 Å². The fourth-order valence-electron chi connectivity index (χ4n) is 1.77. The molecule has 1 amide bonds. The summed E-state index contributed by atoms with van der Waals surface area (Å²) in [5.74, 6) is -0.257. The number of esters is 1. The van der Waals surface area contributed by atoms with Gasteiger partial charge in [0.2, 0.25) is 5.91 Å². The van der Waals surface area contributed by atoms with Gasteiger partial charge in [-0.3, -0.25) is 9.59 Å². The average Bonchev–Trinajstić information content (AvgIpc) is 2.51. The third-order valence-electron chi connectivity index (χ3n) is 3.09. The van der Waals surface area contributed by atoms with Crippen molar-refractivity contribution in [3.63, 3.8) is 0 Å². The minimum Gasteiger partial charge on any atom is -0.463 e. The molecule has 0 rings (SSSR count). The number of carbonyl (C=O) groups is 2. The van der Waals surface area contributed by atoms with Crippen molar-refractivity contribution in [2.45, 2.75) is 52.7 Å². The molecule has 1 N–H and O–H groups in total.